The molecule has 0 unspecified atom stereocenters. The molecule has 0 amide bonds. The molecule has 0 saturated carbocycles. The molecule has 8 heteroatoms. The second-order valence-electron chi connectivity index (χ2n) is 0.401. The van der Waals surface area contributed by atoms with Crippen molar-refractivity contribution >= 4 is 20.3 Å². The van der Waals surface area contributed by atoms with Crippen molar-refractivity contribution in [2.45, 2.75) is 0 Å². The van der Waals surface area contributed by atoms with Gasteiger partial charge >= 0.3 is 33.2 Å². The predicted molar refractivity (Wildman–Crippen MR) is 38.7 cm³/mol. The number of nitrogens with one attached hydrogen (secondary N) is 4. The Morgan fingerprint density at radius 1 is 0.900 bits per heavy atom. The predicted octanol–water partition coefficient (Wildman–Crippen LogP) is 0.477. The van der Waals surface area contributed by atoms with Crippen LogP contribution in [0.2, 0.25) is 0 Å². The first-order valence-corrected chi connectivity index (χ1v) is 4.53. The van der Waals surface area contributed by atoms with Crippen molar-refractivity contribution in [2.24, 2.45) is 0 Å². The van der Waals surface area contributed by atoms with Gasteiger partial charge < -0.3 is 35.3 Å². The summed E-state index contributed by atoms with van der Waals surface area (Å²) in [5, 5.41) is 0. The molecule has 0 saturated heterocycles. The Labute approximate surface area is 81.8 Å². The molecule has 0 bridgehead atoms. The molecule has 0 radical (unpaired) electrons. The van der Waals surface area contributed by atoms with Crippen LogP contribution < -0.4 is 12.4 Å². The number of halogens is 3. The third-order valence-corrected chi connectivity index (χ3v) is 0. The molecule has 0 atom stereocenters. The largest absolute Gasteiger partial charge is 0.696 e. The topological polar surface area (TPSA) is 95.2 Å². The zero-order valence-electron chi connectivity index (χ0n) is 4.88. The molecule has 0 aliphatic rings. The maximum absolute atomic E-state index is 5.88. The van der Waals surface area contributed by atoms with Crippen molar-refractivity contribution in [1.82, 2.24) is 0 Å². The maximum atomic E-state index is 5.88. The average molecular weight is 253 g/mol. The van der Waals surface area contributed by atoms with Gasteiger partial charge in [0.1, 0.15) is 0 Å². The molecule has 4 N–H and O–H groups in total. The molecule has 0 fully saturated rings. The van der Waals surface area contributed by atoms with E-state index >= 15 is 0 Å². The van der Waals surface area contributed by atoms with E-state index < -0.39 is 0 Å². The van der Waals surface area contributed by atoms with Crippen LogP contribution in [0.1, 0.15) is 0 Å². The van der Waals surface area contributed by atoms with Crippen LogP contribution >= 0.6 is 20.3 Å². The van der Waals surface area contributed by atoms with Gasteiger partial charge in [0.2, 0.25) is 0 Å². The summed E-state index contributed by atoms with van der Waals surface area (Å²) in [5.41, 5.74) is 23.5. The van der Waals surface area contributed by atoms with E-state index in [4.69, 9.17) is 43.2 Å². The van der Waals surface area contributed by atoms with Crippen molar-refractivity contribution in [1.29, 1.82) is 0 Å². The van der Waals surface area contributed by atoms with Gasteiger partial charge in [-0.05, 0) is 0 Å². The summed E-state index contributed by atoms with van der Waals surface area (Å²) < 4.78 is 0. The summed E-state index contributed by atoms with van der Waals surface area (Å²) in [7, 11) is 9.47. The van der Waals surface area contributed by atoms with E-state index in [0.29, 0.717) is 12.9 Å². The van der Waals surface area contributed by atoms with Gasteiger partial charge in [0.05, 0.1) is 0 Å². The van der Waals surface area contributed by atoms with Crippen LogP contribution in [0, 0.1) is 0 Å². The third-order valence-electron chi connectivity index (χ3n) is 0. The monoisotopic (exact) mass is 252 g/mol. The molecule has 10 heavy (non-hydrogen) atoms. The third kappa shape index (κ3) is 420. The Kier molecular flexibility index (Phi) is 110. The number of hydrogen-bond donors (Lipinski definition) is 0. The minimum atomic E-state index is -0.250. The van der Waals surface area contributed by atoms with Gasteiger partial charge in [0, 0.05) is 0 Å². The van der Waals surface area contributed by atoms with E-state index in [1.165, 1.54) is 0 Å². The smallest absolute Gasteiger partial charge is 0.259 e. The zero-order valence-corrected chi connectivity index (χ0v) is 8.19. The fourth-order valence-corrected chi connectivity index (χ4v) is 0. The summed E-state index contributed by atoms with van der Waals surface area (Å²) in [5.74, 6) is 0. The first kappa shape index (κ1) is 22.5. The minimum Gasteiger partial charge on any atom is -0.696 e. The zero-order chi connectivity index (χ0) is 8.12. The molecule has 0 aliphatic carbocycles. The summed E-state index contributed by atoms with van der Waals surface area (Å²) >= 11 is 0.382. The Balaban J connectivity index is -0.0000000257. The van der Waals surface area contributed by atoms with Crippen LogP contribution in [0.25, 0.3) is 22.9 Å². The Hall–Kier alpha value is 1.22. The van der Waals surface area contributed by atoms with Crippen LogP contribution in [0.3, 0.4) is 0 Å². The standard InChI is InChI=1S/2CH4N2.3ClH.Co/c2*2-1-3;;;;/h2*2-3H,1H2;3*1H;/q2*-2;;;;+3/p-3. The summed E-state index contributed by atoms with van der Waals surface area (Å²) in [6, 6.07) is 0. The SMILES string of the molecule is [Cl-].[Cl][Co+][Cl].[NH-]C[NH-].[NH-]C[NH-]. The maximum Gasteiger partial charge on any atom is -0.259 e. The van der Waals surface area contributed by atoms with E-state index in [1.807, 2.05) is 0 Å². The van der Waals surface area contributed by atoms with Gasteiger partial charge in [0.25, 0.3) is 0 Å². The summed E-state index contributed by atoms with van der Waals surface area (Å²) in [6.45, 7) is -0.500. The molecule has 0 rings (SSSR count). The van der Waals surface area contributed by atoms with Gasteiger partial charge in [-0.1, -0.05) is 0 Å². The normalized spacial score (nSPS) is 5.80. The van der Waals surface area contributed by atoms with Gasteiger partial charge in [-0.3, -0.25) is 13.3 Å². The van der Waals surface area contributed by atoms with Crippen molar-refractivity contribution in [3.8, 4) is 0 Å². The Morgan fingerprint density at radius 3 is 0.900 bits per heavy atom. The first-order valence-electron chi connectivity index (χ1n) is 1.67. The van der Waals surface area contributed by atoms with Gasteiger partial charge in [0.15, 0.2) is 0 Å². The minimum absolute atomic E-state index is 0. The first-order chi connectivity index (χ1) is 4.24. The van der Waals surface area contributed by atoms with Gasteiger partial charge in [-0.15, -0.1) is 0 Å². The van der Waals surface area contributed by atoms with Gasteiger partial charge in [-0.2, -0.15) is 0 Å². The second-order valence-corrected chi connectivity index (χ2v) is 2.12. The molecule has 4 nitrogen and oxygen atoms in total. The quantitative estimate of drug-likeness (QED) is 0.600. The number of hydrogen-bond acceptors (Lipinski definition) is 0. The van der Waals surface area contributed by atoms with Crippen LogP contribution in [0.5, 0.6) is 0 Å². The van der Waals surface area contributed by atoms with Crippen LogP contribution in [-0.2, 0) is 12.9 Å². The molecular weight excluding hydrogens is 245 g/mol. The van der Waals surface area contributed by atoms with Crippen LogP contribution in [0.15, 0.2) is 0 Å². The average Bonchev–Trinajstić information content (AvgIpc) is 1.70. The second kappa shape index (κ2) is 48.8. The molecule has 0 aromatic rings. The molecule has 0 spiro atoms. The molecule has 70 valence electrons. The van der Waals surface area contributed by atoms with E-state index in [1.54, 1.807) is 0 Å². The molecule has 0 aliphatic heterocycles. The van der Waals surface area contributed by atoms with Crippen molar-refractivity contribution in [2.75, 3.05) is 13.3 Å². The van der Waals surface area contributed by atoms with E-state index in [-0.39, 0.29) is 25.7 Å². The van der Waals surface area contributed by atoms with E-state index in [2.05, 4.69) is 0 Å². The molecule has 0 aromatic carbocycles. The fraction of sp³-hybridized carbons (Fsp3) is 1.00. The summed E-state index contributed by atoms with van der Waals surface area (Å²) in [6.07, 6.45) is 0. The van der Waals surface area contributed by atoms with E-state index in [9.17, 15) is 0 Å². The van der Waals surface area contributed by atoms with Crippen LogP contribution in [0.4, 0.5) is 0 Å². The Bertz CT molecular complexity index is 23.2. The molecular formula is C2H8Cl3CoN4-4. The van der Waals surface area contributed by atoms with Crippen molar-refractivity contribution < 1.29 is 25.3 Å². The van der Waals surface area contributed by atoms with Crippen LogP contribution in [-0.4, -0.2) is 13.3 Å². The van der Waals surface area contributed by atoms with Crippen molar-refractivity contribution in [3.05, 3.63) is 22.9 Å². The van der Waals surface area contributed by atoms with Gasteiger partial charge in [-0.25, -0.2) is 0 Å². The number of rotatable bonds is 0. The fourth-order valence-electron chi connectivity index (χ4n) is 0. The van der Waals surface area contributed by atoms with Crippen molar-refractivity contribution in [3.63, 3.8) is 0 Å². The Morgan fingerprint density at radius 2 is 0.900 bits per heavy atom. The van der Waals surface area contributed by atoms with E-state index in [0.717, 1.165) is 0 Å². The molecule has 0 heterocycles. The molecule has 0 aromatic heterocycles. The summed E-state index contributed by atoms with van der Waals surface area (Å²) in [4.78, 5) is 0.